The van der Waals surface area contributed by atoms with Gasteiger partial charge in [-0.2, -0.15) is 11.8 Å². The third-order valence-electron chi connectivity index (χ3n) is 2.39. The number of hydrogen-bond donors (Lipinski definition) is 2. The molecule has 0 spiro atoms. The maximum atomic E-state index is 10.9. The van der Waals surface area contributed by atoms with Crippen LogP contribution in [0.3, 0.4) is 0 Å². The van der Waals surface area contributed by atoms with Gasteiger partial charge < -0.3 is 10.8 Å². The Morgan fingerprint density at radius 1 is 1.37 bits per heavy atom. The normalized spacial score (nSPS) is 12.1. The summed E-state index contributed by atoms with van der Waals surface area (Å²) in [5, 5.41) is 10.0. The van der Waals surface area contributed by atoms with Gasteiger partial charge in [0.1, 0.15) is 0 Å². The second kappa shape index (κ2) is 7.62. The maximum Gasteiger partial charge on any atom is 0.307 e. The van der Waals surface area contributed by atoms with Crippen LogP contribution < -0.4 is 5.73 Å². The average Bonchev–Trinajstić information content (AvgIpc) is 2.29. The van der Waals surface area contributed by atoms with Gasteiger partial charge in [-0.25, -0.2) is 0 Å². The largest absolute Gasteiger partial charge is 0.481 e. The second-order valence-corrected chi connectivity index (χ2v) is 5.83. The molecule has 0 aromatic heterocycles. The summed E-state index contributed by atoms with van der Waals surface area (Å²) < 4.78 is 0. The van der Waals surface area contributed by atoms with Crippen molar-refractivity contribution in [3.8, 4) is 0 Å². The van der Waals surface area contributed by atoms with Gasteiger partial charge in [-0.05, 0) is 17.7 Å². The molecule has 104 valence electrons. The molecule has 1 rings (SSSR count). The number of rotatable bonds is 7. The lowest BCUT2D eigenvalue weighted by atomic mass is 10.1. The van der Waals surface area contributed by atoms with E-state index < -0.39 is 17.8 Å². The van der Waals surface area contributed by atoms with Gasteiger partial charge in [0.2, 0.25) is 5.91 Å². The van der Waals surface area contributed by atoms with Crippen LogP contribution in [0.2, 0.25) is 10.0 Å². The first-order chi connectivity index (χ1) is 8.90. The molecule has 1 atom stereocenters. The molecule has 1 unspecified atom stereocenters. The summed E-state index contributed by atoms with van der Waals surface area (Å²) in [7, 11) is 0. The second-order valence-electron chi connectivity index (χ2n) is 3.96. The van der Waals surface area contributed by atoms with Gasteiger partial charge in [-0.1, -0.05) is 29.3 Å². The summed E-state index contributed by atoms with van der Waals surface area (Å²) >= 11 is 13.2. The molecule has 0 heterocycles. The number of hydrogen-bond acceptors (Lipinski definition) is 3. The van der Waals surface area contributed by atoms with Crippen LogP contribution in [0.1, 0.15) is 12.0 Å². The summed E-state index contributed by atoms with van der Waals surface area (Å²) in [4.78, 5) is 21.7. The van der Waals surface area contributed by atoms with Crippen molar-refractivity contribution in [2.75, 3.05) is 5.75 Å². The summed E-state index contributed by atoms with van der Waals surface area (Å²) in [6.07, 6.45) is -0.156. The number of carboxylic acid groups (broad SMARTS) is 1. The predicted molar refractivity (Wildman–Crippen MR) is 77.6 cm³/mol. The third-order valence-corrected chi connectivity index (χ3v) is 4.13. The van der Waals surface area contributed by atoms with Gasteiger partial charge in [0.05, 0.1) is 5.92 Å². The van der Waals surface area contributed by atoms with Crippen molar-refractivity contribution in [2.45, 2.75) is 12.2 Å². The van der Waals surface area contributed by atoms with Crippen molar-refractivity contribution in [3.63, 3.8) is 0 Å². The molecule has 1 amide bonds. The molecule has 19 heavy (non-hydrogen) atoms. The van der Waals surface area contributed by atoms with Crippen LogP contribution in [0.15, 0.2) is 18.2 Å². The minimum atomic E-state index is -1.02. The summed E-state index contributed by atoms with van der Waals surface area (Å²) in [5.74, 6) is -1.55. The quantitative estimate of drug-likeness (QED) is 0.809. The lowest BCUT2D eigenvalue weighted by Gasteiger charge is -2.10. The van der Waals surface area contributed by atoms with E-state index >= 15 is 0 Å². The highest BCUT2D eigenvalue weighted by atomic mass is 35.5. The summed E-state index contributed by atoms with van der Waals surface area (Å²) in [6, 6.07) is 5.15. The zero-order valence-corrected chi connectivity index (χ0v) is 12.3. The van der Waals surface area contributed by atoms with E-state index in [1.807, 2.05) is 0 Å². The van der Waals surface area contributed by atoms with Crippen molar-refractivity contribution in [1.29, 1.82) is 0 Å². The first-order valence-corrected chi connectivity index (χ1v) is 7.34. The van der Waals surface area contributed by atoms with Crippen molar-refractivity contribution in [1.82, 2.24) is 0 Å². The molecule has 1 aromatic carbocycles. The molecule has 1 aromatic rings. The molecule has 7 heteroatoms. The lowest BCUT2D eigenvalue weighted by Crippen LogP contribution is -2.24. The van der Waals surface area contributed by atoms with Crippen LogP contribution in [0, 0.1) is 5.92 Å². The first kappa shape index (κ1) is 16.1. The van der Waals surface area contributed by atoms with Crippen molar-refractivity contribution < 1.29 is 14.7 Å². The van der Waals surface area contributed by atoms with E-state index in [0.717, 1.165) is 5.56 Å². The number of amides is 1. The number of aliphatic carboxylic acids is 1. The topological polar surface area (TPSA) is 80.4 Å². The van der Waals surface area contributed by atoms with Crippen LogP contribution in [-0.2, 0) is 15.3 Å². The highest BCUT2D eigenvalue weighted by Crippen LogP contribution is 2.26. The van der Waals surface area contributed by atoms with E-state index in [1.165, 1.54) is 11.8 Å². The third kappa shape index (κ3) is 5.72. The van der Waals surface area contributed by atoms with E-state index in [2.05, 4.69) is 0 Å². The minimum Gasteiger partial charge on any atom is -0.481 e. The van der Waals surface area contributed by atoms with E-state index in [-0.39, 0.29) is 6.42 Å². The van der Waals surface area contributed by atoms with Gasteiger partial charge in [-0.15, -0.1) is 0 Å². The number of primary amides is 1. The molecule has 0 bridgehead atoms. The number of thioether (sulfide) groups is 1. The molecule has 0 aliphatic carbocycles. The number of carboxylic acids is 1. The Labute approximate surface area is 125 Å². The Bertz CT molecular complexity index is 482. The smallest absolute Gasteiger partial charge is 0.307 e. The Morgan fingerprint density at radius 2 is 2.05 bits per heavy atom. The van der Waals surface area contributed by atoms with Crippen LogP contribution in [0.5, 0.6) is 0 Å². The molecule has 0 radical (unpaired) electrons. The Kier molecular flexibility index (Phi) is 6.48. The minimum absolute atomic E-state index is 0.156. The van der Waals surface area contributed by atoms with E-state index in [0.29, 0.717) is 21.6 Å². The van der Waals surface area contributed by atoms with Gasteiger partial charge in [0.15, 0.2) is 0 Å². The summed E-state index contributed by atoms with van der Waals surface area (Å²) in [5.41, 5.74) is 5.88. The van der Waals surface area contributed by atoms with Gasteiger partial charge >= 0.3 is 5.97 Å². The highest BCUT2D eigenvalue weighted by Gasteiger charge is 2.19. The van der Waals surface area contributed by atoms with E-state index in [1.54, 1.807) is 18.2 Å². The van der Waals surface area contributed by atoms with Crippen LogP contribution in [0.4, 0.5) is 0 Å². The van der Waals surface area contributed by atoms with Crippen molar-refractivity contribution >= 4 is 46.8 Å². The number of nitrogens with two attached hydrogens (primary N) is 1. The number of carbonyl (C=O) groups is 2. The average molecular weight is 322 g/mol. The Morgan fingerprint density at radius 3 is 2.58 bits per heavy atom. The number of carbonyl (C=O) groups excluding carboxylic acids is 1. The fourth-order valence-electron chi connectivity index (χ4n) is 1.41. The lowest BCUT2D eigenvalue weighted by molar-refractivity contribution is -0.142. The van der Waals surface area contributed by atoms with Crippen LogP contribution in [0.25, 0.3) is 0 Å². The van der Waals surface area contributed by atoms with Crippen molar-refractivity contribution in [2.24, 2.45) is 11.7 Å². The zero-order valence-electron chi connectivity index (χ0n) is 9.94. The predicted octanol–water partition coefficient (Wildman–Crippen LogP) is 2.80. The monoisotopic (exact) mass is 321 g/mol. The highest BCUT2D eigenvalue weighted by molar-refractivity contribution is 7.98. The van der Waals surface area contributed by atoms with Crippen LogP contribution in [-0.4, -0.2) is 22.7 Å². The fourth-order valence-corrected chi connectivity index (χ4v) is 3.10. The molecular formula is C12H13Cl2NO3S. The van der Waals surface area contributed by atoms with E-state index in [9.17, 15) is 9.59 Å². The fraction of sp³-hybridized carbons (Fsp3) is 0.333. The number of halogens is 2. The molecule has 3 N–H and O–H groups in total. The molecule has 0 saturated carbocycles. The number of benzene rings is 1. The van der Waals surface area contributed by atoms with Gasteiger partial charge in [-0.3, -0.25) is 9.59 Å². The Balaban J connectivity index is 2.52. The molecule has 0 saturated heterocycles. The Hall–Kier alpha value is -0.910. The van der Waals surface area contributed by atoms with Gasteiger partial charge in [0.25, 0.3) is 0 Å². The van der Waals surface area contributed by atoms with Crippen molar-refractivity contribution in [3.05, 3.63) is 33.8 Å². The van der Waals surface area contributed by atoms with E-state index in [4.69, 9.17) is 34.0 Å². The maximum absolute atomic E-state index is 10.9. The standard InChI is InChI=1S/C12H13Cl2NO3S/c13-9-2-1-7(10(14)4-9)5-19-6-8(12(17)18)3-11(15)16/h1-2,4,8H,3,5-6H2,(H2,15,16)(H,17,18). The molecule has 4 nitrogen and oxygen atoms in total. The molecule has 0 fully saturated rings. The molecular weight excluding hydrogens is 309 g/mol. The first-order valence-electron chi connectivity index (χ1n) is 5.43. The van der Waals surface area contributed by atoms with Gasteiger partial charge in [0, 0.05) is 28.0 Å². The SMILES string of the molecule is NC(=O)CC(CSCc1ccc(Cl)cc1Cl)C(=O)O. The van der Waals surface area contributed by atoms with Crippen LogP contribution >= 0.6 is 35.0 Å². The summed E-state index contributed by atoms with van der Waals surface area (Å²) in [6.45, 7) is 0. The molecule has 0 aliphatic heterocycles. The zero-order chi connectivity index (χ0) is 14.4. The molecule has 0 aliphatic rings.